The fourth-order valence-corrected chi connectivity index (χ4v) is 6.56. The van der Waals surface area contributed by atoms with E-state index in [-0.39, 0.29) is 34.0 Å². The molecule has 1 unspecified atom stereocenters. The van der Waals surface area contributed by atoms with E-state index in [0.717, 1.165) is 44.9 Å². The first-order valence-electron chi connectivity index (χ1n) is 11.4. The van der Waals surface area contributed by atoms with Gasteiger partial charge in [-0.25, -0.2) is 8.42 Å². The van der Waals surface area contributed by atoms with Crippen LogP contribution in [0.2, 0.25) is 0 Å². The molecule has 0 spiro atoms. The van der Waals surface area contributed by atoms with Crippen molar-refractivity contribution in [1.82, 2.24) is 14.6 Å². The largest absolute Gasteiger partial charge is 0.349 e. The van der Waals surface area contributed by atoms with Gasteiger partial charge in [0.2, 0.25) is 15.6 Å². The van der Waals surface area contributed by atoms with E-state index in [4.69, 9.17) is 0 Å². The van der Waals surface area contributed by atoms with Crippen LogP contribution in [0.1, 0.15) is 75.1 Å². The molecule has 2 aliphatic rings. The summed E-state index contributed by atoms with van der Waals surface area (Å²) >= 11 is 0. The Morgan fingerprint density at radius 1 is 1.03 bits per heavy atom. The Bertz CT molecular complexity index is 1120. The molecule has 7 nitrogen and oxygen atoms in total. The van der Waals surface area contributed by atoms with E-state index in [9.17, 15) is 18.0 Å². The lowest BCUT2D eigenvalue weighted by atomic mass is 10.1. The van der Waals surface area contributed by atoms with Crippen LogP contribution in [0.15, 0.2) is 34.0 Å². The van der Waals surface area contributed by atoms with E-state index in [1.165, 1.54) is 31.0 Å². The van der Waals surface area contributed by atoms with Crippen LogP contribution in [0.5, 0.6) is 0 Å². The van der Waals surface area contributed by atoms with Gasteiger partial charge < -0.3 is 10.3 Å². The molecule has 1 atom stereocenters. The van der Waals surface area contributed by atoms with Gasteiger partial charge in [0.25, 0.3) is 5.91 Å². The molecular formula is C23H31N3O4S. The fourth-order valence-electron chi connectivity index (χ4n) is 4.83. The monoisotopic (exact) mass is 445 g/mol. The summed E-state index contributed by atoms with van der Waals surface area (Å²) < 4.78 is 28.1. The molecule has 1 aromatic heterocycles. The number of amides is 1. The summed E-state index contributed by atoms with van der Waals surface area (Å²) in [6, 6.07) is 5.94. The van der Waals surface area contributed by atoms with Crippen molar-refractivity contribution in [3.63, 3.8) is 0 Å². The molecule has 1 aromatic carbocycles. The summed E-state index contributed by atoms with van der Waals surface area (Å²) in [6.45, 7) is 2.43. The van der Waals surface area contributed by atoms with E-state index in [1.807, 2.05) is 6.92 Å². The van der Waals surface area contributed by atoms with Crippen molar-refractivity contribution in [3.8, 4) is 0 Å². The summed E-state index contributed by atoms with van der Waals surface area (Å²) in [6.07, 6.45) is 9.09. The van der Waals surface area contributed by atoms with Crippen LogP contribution < -0.4 is 10.9 Å². The van der Waals surface area contributed by atoms with Crippen LogP contribution in [-0.2, 0) is 10.0 Å². The van der Waals surface area contributed by atoms with Gasteiger partial charge in [0.05, 0.1) is 10.5 Å². The van der Waals surface area contributed by atoms with Gasteiger partial charge in [0.1, 0.15) is 0 Å². The van der Waals surface area contributed by atoms with Crippen molar-refractivity contribution in [2.24, 2.45) is 0 Å². The van der Waals surface area contributed by atoms with Gasteiger partial charge in [-0.3, -0.25) is 9.59 Å². The number of carbonyl (C=O) groups excluding carboxylic acids is 1. The van der Waals surface area contributed by atoms with Crippen LogP contribution in [0.3, 0.4) is 0 Å². The lowest BCUT2D eigenvalue weighted by Crippen LogP contribution is -2.41. The molecule has 31 heavy (non-hydrogen) atoms. The predicted octanol–water partition coefficient (Wildman–Crippen LogP) is 3.54. The number of aromatic nitrogens is 1. The second-order valence-electron chi connectivity index (χ2n) is 8.88. The zero-order valence-electron chi connectivity index (χ0n) is 18.0. The van der Waals surface area contributed by atoms with Crippen molar-refractivity contribution < 1.29 is 13.2 Å². The summed E-state index contributed by atoms with van der Waals surface area (Å²) in [5, 5.41) is 3.53. The summed E-state index contributed by atoms with van der Waals surface area (Å²) in [4.78, 5) is 28.1. The lowest BCUT2D eigenvalue weighted by molar-refractivity contribution is 0.0935. The first-order chi connectivity index (χ1) is 14.9. The standard InChI is InChI=1S/C23H31N3O4S/c1-16-8-6-7-13-26(16)31(29,30)18-11-12-21-19(14-18)20(15-22(27)25-21)23(28)24-17-9-4-2-3-5-10-17/h11-12,14-17H,2-10,13H2,1H3,(H,24,28)(H,25,27). The maximum Gasteiger partial charge on any atom is 0.252 e. The highest BCUT2D eigenvalue weighted by Gasteiger charge is 2.31. The number of nitrogens with zero attached hydrogens (tertiary/aromatic N) is 1. The normalized spacial score (nSPS) is 21.6. The molecule has 1 aliphatic heterocycles. The minimum absolute atomic E-state index is 0.0527. The number of carbonyl (C=O) groups is 1. The van der Waals surface area contributed by atoms with Crippen LogP contribution in [-0.4, -0.2) is 42.2 Å². The number of aromatic amines is 1. The first kappa shape index (κ1) is 22.0. The van der Waals surface area contributed by atoms with Crippen LogP contribution >= 0.6 is 0 Å². The second-order valence-corrected chi connectivity index (χ2v) is 10.8. The van der Waals surface area contributed by atoms with Gasteiger partial charge in [-0.1, -0.05) is 32.1 Å². The quantitative estimate of drug-likeness (QED) is 0.703. The average Bonchev–Trinajstić information content (AvgIpc) is 3.01. The average molecular weight is 446 g/mol. The highest BCUT2D eigenvalue weighted by molar-refractivity contribution is 7.89. The Hall–Kier alpha value is -2.19. The summed E-state index contributed by atoms with van der Waals surface area (Å²) in [5.74, 6) is -0.316. The number of nitrogens with one attached hydrogen (secondary N) is 2. The van der Waals surface area contributed by atoms with Gasteiger partial charge in [-0.15, -0.1) is 0 Å². The third-order valence-electron chi connectivity index (χ3n) is 6.60. The van der Waals surface area contributed by atoms with Gasteiger partial charge in [0.15, 0.2) is 0 Å². The Kier molecular flexibility index (Phi) is 6.48. The molecule has 2 N–H and O–H groups in total. The molecule has 2 aromatic rings. The van der Waals surface area contributed by atoms with E-state index >= 15 is 0 Å². The zero-order valence-corrected chi connectivity index (χ0v) is 18.8. The highest BCUT2D eigenvalue weighted by atomic mass is 32.2. The van der Waals surface area contributed by atoms with Crippen molar-refractivity contribution in [2.45, 2.75) is 81.7 Å². The molecule has 2 fully saturated rings. The number of piperidine rings is 1. The molecule has 1 aliphatic carbocycles. The highest BCUT2D eigenvalue weighted by Crippen LogP contribution is 2.28. The predicted molar refractivity (Wildman–Crippen MR) is 121 cm³/mol. The maximum atomic E-state index is 13.3. The SMILES string of the molecule is CC1CCCCN1S(=O)(=O)c1ccc2[nH]c(=O)cc(C(=O)NC3CCCCCC3)c2c1. The molecule has 1 saturated carbocycles. The van der Waals surface area contributed by atoms with E-state index in [0.29, 0.717) is 17.4 Å². The van der Waals surface area contributed by atoms with E-state index in [2.05, 4.69) is 10.3 Å². The van der Waals surface area contributed by atoms with Crippen LogP contribution in [0.25, 0.3) is 10.9 Å². The minimum atomic E-state index is -3.68. The molecule has 2 heterocycles. The number of sulfonamides is 1. The van der Waals surface area contributed by atoms with Gasteiger partial charge in [0, 0.05) is 35.6 Å². The number of fused-ring (bicyclic) bond motifs is 1. The number of rotatable bonds is 4. The molecular weight excluding hydrogens is 414 g/mol. The third kappa shape index (κ3) is 4.70. The smallest absolute Gasteiger partial charge is 0.252 e. The molecule has 0 radical (unpaired) electrons. The summed E-state index contributed by atoms with van der Waals surface area (Å²) in [7, 11) is -3.68. The third-order valence-corrected chi connectivity index (χ3v) is 8.61. The minimum Gasteiger partial charge on any atom is -0.349 e. The van der Waals surface area contributed by atoms with Crippen LogP contribution in [0, 0.1) is 0 Å². The molecule has 1 amide bonds. The molecule has 0 bridgehead atoms. The number of hydrogen-bond donors (Lipinski definition) is 2. The Labute approximate surface area is 183 Å². The number of benzene rings is 1. The Morgan fingerprint density at radius 2 is 1.74 bits per heavy atom. The molecule has 4 rings (SSSR count). The van der Waals surface area contributed by atoms with Crippen molar-refractivity contribution >= 4 is 26.8 Å². The van der Waals surface area contributed by atoms with Crippen molar-refractivity contribution in [3.05, 3.63) is 40.2 Å². The lowest BCUT2D eigenvalue weighted by Gasteiger charge is -2.32. The van der Waals surface area contributed by atoms with Crippen molar-refractivity contribution in [2.75, 3.05) is 6.54 Å². The first-order valence-corrected chi connectivity index (χ1v) is 12.8. The fraction of sp³-hybridized carbons (Fsp3) is 0.565. The van der Waals surface area contributed by atoms with Gasteiger partial charge in [-0.2, -0.15) is 4.31 Å². The Morgan fingerprint density at radius 3 is 2.45 bits per heavy atom. The summed E-state index contributed by atoms with van der Waals surface area (Å²) in [5.41, 5.74) is 0.315. The molecule has 168 valence electrons. The second kappa shape index (κ2) is 9.12. The maximum absolute atomic E-state index is 13.3. The van der Waals surface area contributed by atoms with E-state index < -0.39 is 10.0 Å². The van der Waals surface area contributed by atoms with Crippen LogP contribution in [0.4, 0.5) is 0 Å². The van der Waals surface area contributed by atoms with Crippen molar-refractivity contribution in [1.29, 1.82) is 0 Å². The van der Waals surface area contributed by atoms with Gasteiger partial charge >= 0.3 is 0 Å². The topological polar surface area (TPSA) is 99.3 Å². The van der Waals surface area contributed by atoms with Gasteiger partial charge in [-0.05, 0) is 50.8 Å². The number of pyridine rings is 1. The molecule has 1 saturated heterocycles. The zero-order chi connectivity index (χ0) is 22.0. The van der Waals surface area contributed by atoms with E-state index in [1.54, 1.807) is 10.4 Å². The molecule has 8 heteroatoms. The number of hydrogen-bond acceptors (Lipinski definition) is 4. The Balaban J connectivity index is 1.70. The number of H-pyrrole nitrogens is 1.